The molecule has 23 heavy (non-hydrogen) atoms. The minimum absolute atomic E-state index is 0.242. The van der Waals surface area contributed by atoms with Crippen molar-refractivity contribution in [2.45, 2.75) is 97.2 Å². The first kappa shape index (κ1) is 21.9. The van der Waals surface area contributed by atoms with Gasteiger partial charge in [0.1, 0.15) is 6.10 Å². The normalized spacial score (nSPS) is 13.8. The van der Waals surface area contributed by atoms with E-state index in [-0.39, 0.29) is 12.3 Å². The maximum atomic E-state index is 11.8. The Morgan fingerprint density at radius 3 is 1.83 bits per heavy atom. The molecule has 0 heterocycles. The number of aliphatic carboxylic acids is 1. The second-order valence-electron chi connectivity index (χ2n) is 6.56. The number of carbonyl (C=O) groups excluding carboxylic acids is 1. The molecule has 0 aromatic carbocycles. The summed E-state index contributed by atoms with van der Waals surface area (Å²) in [6.07, 6.45) is 8.11. The summed E-state index contributed by atoms with van der Waals surface area (Å²) in [5.74, 6) is -2.03. The van der Waals surface area contributed by atoms with Crippen molar-refractivity contribution in [1.29, 1.82) is 0 Å². The van der Waals surface area contributed by atoms with Crippen molar-refractivity contribution in [2.24, 2.45) is 5.92 Å². The van der Waals surface area contributed by atoms with Gasteiger partial charge in [0.25, 0.3) is 0 Å². The fourth-order valence-electron chi connectivity index (χ4n) is 2.50. The molecule has 2 atom stereocenters. The van der Waals surface area contributed by atoms with Gasteiger partial charge in [-0.15, -0.1) is 0 Å². The number of aliphatic hydroxyl groups is 1. The predicted octanol–water partition coefficient (Wildman–Crippen LogP) is 3.92. The highest BCUT2D eigenvalue weighted by molar-refractivity contribution is 5.74. The second-order valence-corrected chi connectivity index (χ2v) is 6.56. The van der Waals surface area contributed by atoms with Crippen molar-refractivity contribution in [3.8, 4) is 0 Å². The zero-order valence-corrected chi connectivity index (χ0v) is 14.9. The fourth-order valence-corrected chi connectivity index (χ4v) is 2.50. The quantitative estimate of drug-likeness (QED) is 0.372. The molecule has 2 N–H and O–H groups in total. The van der Waals surface area contributed by atoms with Crippen LogP contribution in [0.5, 0.6) is 0 Å². The van der Waals surface area contributed by atoms with Crippen molar-refractivity contribution in [2.75, 3.05) is 0 Å². The zero-order valence-electron chi connectivity index (χ0n) is 14.9. The average Bonchev–Trinajstić information content (AvgIpc) is 2.49. The van der Waals surface area contributed by atoms with E-state index in [0.29, 0.717) is 0 Å². The largest absolute Gasteiger partial charge is 0.479 e. The van der Waals surface area contributed by atoms with E-state index >= 15 is 0 Å². The molecule has 5 heteroatoms. The summed E-state index contributed by atoms with van der Waals surface area (Å²) in [5, 5.41) is 18.4. The number of carboxylic acid groups (broad SMARTS) is 1. The Morgan fingerprint density at radius 1 is 0.913 bits per heavy atom. The number of rotatable bonds is 14. The van der Waals surface area contributed by atoms with Crippen molar-refractivity contribution in [1.82, 2.24) is 0 Å². The van der Waals surface area contributed by atoms with Crippen LogP contribution in [0.1, 0.15) is 85.0 Å². The first-order valence-corrected chi connectivity index (χ1v) is 9.00. The minimum Gasteiger partial charge on any atom is -0.479 e. The van der Waals surface area contributed by atoms with Crippen LogP contribution in [0.15, 0.2) is 0 Å². The number of carbonyl (C=O) groups is 2. The number of hydrogen-bond donors (Lipinski definition) is 2. The molecule has 0 fully saturated rings. The van der Waals surface area contributed by atoms with Crippen LogP contribution in [-0.2, 0) is 14.3 Å². The lowest BCUT2D eigenvalue weighted by Gasteiger charge is -2.23. The lowest BCUT2D eigenvalue weighted by molar-refractivity contribution is -0.169. The molecule has 0 aromatic heterocycles. The molecule has 0 aliphatic rings. The molecule has 0 saturated carbocycles. The van der Waals surface area contributed by atoms with Crippen LogP contribution in [0.2, 0.25) is 0 Å². The molecule has 0 radical (unpaired) electrons. The summed E-state index contributed by atoms with van der Waals surface area (Å²) in [5.41, 5.74) is 0. The van der Waals surface area contributed by atoms with Crippen molar-refractivity contribution in [3.63, 3.8) is 0 Å². The zero-order chi connectivity index (χ0) is 17.7. The lowest BCUT2D eigenvalue weighted by Crippen LogP contribution is -2.40. The van der Waals surface area contributed by atoms with E-state index in [1.165, 1.54) is 38.5 Å². The molecule has 0 amide bonds. The number of esters is 1. The van der Waals surface area contributed by atoms with Crippen molar-refractivity contribution in [3.05, 3.63) is 0 Å². The van der Waals surface area contributed by atoms with Gasteiger partial charge in [-0.2, -0.15) is 0 Å². The molecule has 0 rings (SSSR count). The molecule has 0 bridgehead atoms. The van der Waals surface area contributed by atoms with Gasteiger partial charge in [0.05, 0.1) is 0 Å². The summed E-state index contributed by atoms with van der Waals surface area (Å²) in [6.45, 7) is 5.66. The van der Waals surface area contributed by atoms with Crippen LogP contribution in [0.4, 0.5) is 0 Å². The van der Waals surface area contributed by atoms with E-state index in [9.17, 15) is 14.7 Å². The molecule has 136 valence electrons. The number of ether oxygens (including phenoxy) is 1. The van der Waals surface area contributed by atoms with E-state index < -0.39 is 24.1 Å². The highest BCUT2D eigenvalue weighted by atomic mass is 16.6. The Kier molecular flexibility index (Phi) is 12.7. The van der Waals surface area contributed by atoms with Gasteiger partial charge in [-0.3, -0.25) is 4.79 Å². The summed E-state index contributed by atoms with van der Waals surface area (Å²) in [6, 6.07) is 0. The van der Waals surface area contributed by atoms with Gasteiger partial charge in [-0.05, 0) is 12.3 Å². The van der Waals surface area contributed by atoms with Crippen molar-refractivity contribution >= 4 is 11.9 Å². The number of hydrogen-bond acceptors (Lipinski definition) is 4. The van der Waals surface area contributed by atoms with Crippen LogP contribution < -0.4 is 0 Å². The van der Waals surface area contributed by atoms with Gasteiger partial charge in [0.2, 0.25) is 0 Å². The lowest BCUT2D eigenvalue weighted by atomic mass is 10.0. The number of aliphatic hydroxyl groups excluding tert-OH is 1. The smallest absolute Gasteiger partial charge is 0.336 e. The predicted molar refractivity (Wildman–Crippen MR) is 90.2 cm³/mol. The summed E-state index contributed by atoms with van der Waals surface area (Å²) >= 11 is 0. The van der Waals surface area contributed by atoms with E-state index in [1.807, 2.05) is 0 Å². The molecule has 2 unspecified atom stereocenters. The van der Waals surface area contributed by atoms with E-state index in [1.54, 1.807) is 13.8 Å². The average molecular weight is 330 g/mol. The minimum atomic E-state index is -1.66. The SMILES string of the molecule is CCCCCCCCCCCC(=O)OC(C(C)C)C(O)C(=O)O. The molecule has 5 nitrogen and oxygen atoms in total. The highest BCUT2D eigenvalue weighted by Gasteiger charge is 2.31. The van der Waals surface area contributed by atoms with Crippen LogP contribution in [-0.4, -0.2) is 34.4 Å². The molecule has 0 spiro atoms. The third-order valence-corrected chi connectivity index (χ3v) is 3.97. The van der Waals surface area contributed by atoms with Crippen LogP contribution in [0.25, 0.3) is 0 Å². The van der Waals surface area contributed by atoms with Gasteiger partial charge in [0.15, 0.2) is 6.10 Å². The number of carboxylic acids is 1. The van der Waals surface area contributed by atoms with Gasteiger partial charge in [0, 0.05) is 6.42 Å². The van der Waals surface area contributed by atoms with Crippen LogP contribution in [0.3, 0.4) is 0 Å². The van der Waals surface area contributed by atoms with Gasteiger partial charge in [-0.1, -0.05) is 72.1 Å². The summed E-state index contributed by atoms with van der Waals surface area (Å²) in [7, 11) is 0. The Bertz CT molecular complexity index is 327. The van der Waals surface area contributed by atoms with Gasteiger partial charge in [-0.25, -0.2) is 4.79 Å². The maximum absolute atomic E-state index is 11.8. The number of unbranched alkanes of at least 4 members (excludes halogenated alkanes) is 8. The third-order valence-electron chi connectivity index (χ3n) is 3.97. The molecular formula is C18H34O5. The highest BCUT2D eigenvalue weighted by Crippen LogP contribution is 2.15. The molecule has 0 aromatic rings. The Labute approximate surface area is 140 Å². The van der Waals surface area contributed by atoms with Gasteiger partial charge < -0.3 is 14.9 Å². The molecule has 0 aliphatic heterocycles. The van der Waals surface area contributed by atoms with Crippen LogP contribution >= 0.6 is 0 Å². The first-order chi connectivity index (χ1) is 10.9. The van der Waals surface area contributed by atoms with Crippen molar-refractivity contribution < 1.29 is 24.5 Å². The maximum Gasteiger partial charge on any atom is 0.336 e. The summed E-state index contributed by atoms with van der Waals surface area (Å²) in [4.78, 5) is 22.6. The van der Waals surface area contributed by atoms with Crippen LogP contribution in [0, 0.1) is 5.92 Å². The monoisotopic (exact) mass is 330 g/mol. The van der Waals surface area contributed by atoms with E-state index in [2.05, 4.69) is 6.92 Å². The van der Waals surface area contributed by atoms with E-state index in [4.69, 9.17) is 9.84 Å². The second kappa shape index (κ2) is 13.3. The Hall–Kier alpha value is -1.10. The molecule has 0 saturated heterocycles. The summed E-state index contributed by atoms with van der Waals surface area (Å²) < 4.78 is 5.14. The fraction of sp³-hybridized carbons (Fsp3) is 0.889. The van der Waals surface area contributed by atoms with E-state index in [0.717, 1.165) is 19.3 Å². The standard InChI is InChI=1S/C18H34O5/c1-4-5-6-7-8-9-10-11-12-13-15(19)23-17(14(2)3)16(20)18(21)22/h14,16-17,20H,4-13H2,1-3H3,(H,21,22). The Balaban J connectivity index is 3.78. The topological polar surface area (TPSA) is 83.8 Å². The molecule has 0 aliphatic carbocycles. The third kappa shape index (κ3) is 11.1. The Morgan fingerprint density at radius 2 is 1.39 bits per heavy atom. The molecular weight excluding hydrogens is 296 g/mol. The first-order valence-electron chi connectivity index (χ1n) is 9.00. The van der Waals surface area contributed by atoms with Gasteiger partial charge >= 0.3 is 11.9 Å².